The molecule has 0 aromatic heterocycles. The fourth-order valence-electron chi connectivity index (χ4n) is 6.05. The number of halogens is 3. The molecular formula is C28H35F3O. The summed E-state index contributed by atoms with van der Waals surface area (Å²) in [5.74, 6) is -0.677. The minimum Gasteiger partial charge on any atom is -0.486 e. The van der Waals surface area contributed by atoms with Gasteiger partial charge in [-0.05, 0) is 85.8 Å². The lowest BCUT2D eigenvalue weighted by molar-refractivity contribution is 0.112. The molecule has 2 aromatic rings. The summed E-state index contributed by atoms with van der Waals surface area (Å²) in [7, 11) is 0. The minimum atomic E-state index is -1.09. The lowest BCUT2D eigenvalue weighted by Crippen LogP contribution is -2.30. The van der Waals surface area contributed by atoms with Gasteiger partial charge in [0.25, 0.3) is 0 Å². The maximum atomic E-state index is 15.2. The summed E-state index contributed by atoms with van der Waals surface area (Å²) in [4.78, 5) is 0. The zero-order valence-electron chi connectivity index (χ0n) is 19.3. The molecule has 4 heteroatoms. The summed E-state index contributed by atoms with van der Waals surface area (Å²) in [6.45, 7) is 4.27. The fraction of sp³-hybridized carbons (Fsp3) is 0.571. The summed E-state index contributed by atoms with van der Waals surface area (Å²) >= 11 is 0. The normalized spacial score (nSPS) is 25.9. The van der Waals surface area contributed by atoms with E-state index in [1.807, 2.05) is 6.92 Å². The van der Waals surface area contributed by atoms with Gasteiger partial charge in [-0.25, -0.2) is 13.2 Å². The van der Waals surface area contributed by atoms with E-state index in [0.29, 0.717) is 16.9 Å². The average Bonchev–Trinajstić information content (AvgIpc) is 2.81. The highest BCUT2D eigenvalue weighted by Crippen LogP contribution is 2.49. The van der Waals surface area contributed by atoms with Gasteiger partial charge in [0.05, 0.1) is 5.39 Å². The molecule has 2 aromatic carbocycles. The molecule has 0 saturated heterocycles. The molecule has 4 rings (SSSR count). The highest BCUT2D eigenvalue weighted by molar-refractivity contribution is 5.86. The summed E-state index contributed by atoms with van der Waals surface area (Å²) in [6, 6.07) is 4.82. The van der Waals surface area contributed by atoms with E-state index in [1.165, 1.54) is 44.6 Å². The number of benzene rings is 2. The van der Waals surface area contributed by atoms with Crippen molar-refractivity contribution in [2.24, 2.45) is 17.8 Å². The Kier molecular flexibility index (Phi) is 7.48. The first-order valence-corrected chi connectivity index (χ1v) is 12.4. The van der Waals surface area contributed by atoms with Crippen LogP contribution in [-0.2, 0) is 0 Å². The molecule has 2 aliphatic rings. The van der Waals surface area contributed by atoms with Crippen LogP contribution in [0.1, 0.15) is 83.1 Å². The summed E-state index contributed by atoms with van der Waals surface area (Å²) in [5.41, 5.74) is 0.420. The molecule has 0 bridgehead atoms. The van der Waals surface area contributed by atoms with Gasteiger partial charge in [0.1, 0.15) is 6.61 Å². The molecule has 0 amide bonds. The molecule has 1 nitrogen and oxygen atoms in total. The van der Waals surface area contributed by atoms with E-state index in [9.17, 15) is 4.39 Å². The van der Waals surface area contributed by atoms with Crippen LogP contribution in [0, 0.1) is 35.2 Å². The Hall–Kier alpha value is -1.97. The molecule has 0 spiro atoms. The van der Waals surface area contributed by atoms with Gasteiger partial charge in [-0.2, -0.15) is 0 Å². The maximum Gasteiger partial charge on any atom is 0.175 e. The second-order valence-electron chi connectivity index (χ2n) is 9.80. The molecule has 2 saturated carbocycles. The molecule has 2 aliphatic carbocycles. The minimum absolute atomic E-state index is 0.0102. The Morgan fingerprint density at radius 2 is 1.75 bits per heavy atom. The molecule has 0 heterocycles. The number of allylic oxidation sites excluding steroid dienone is 1. The van der Waals surface area contributed by atoms with Crippen LogP contribution in [0.15, 0.2) is 30.4 Å². The molecule has 0 radical (unpaired) electrons. The van der Waals surface area contributed by atoms with Crippen molar-refractivity contribution in [2.45, 2.75) is 77.6 Å². The van der Waals surface area contributed by atoms with Gasteiger partial charge in [-0.1, -0.05) is 50.8 Å². The van der Waals surface area contributed by atoms with Gasteiger partial charge in [-0.15, -0.1) is 0 Å². The van der Waals surface area contributed by atoms with E-state index in [-0.39, 0.29) is 23.7 Å². The lowest BCUT2D eigenvalue weighted by atomic mass is 9.63. The van der Waals surface area contributed by atoms with E-state index in [4.69, 9.17) is 4.74 Å². The first-order valence-electron chi connectivity index (χ1n) is 12.4. The summed E-state index contributed by atoms with van der Waals surface area (Å²) in [5, 5.41) is 0.0922. The number of rotatable bonds is 7. The van der Waals surface area contributed by atoms with Crippen LogP contribution in [0.4, 0.5) is 13.2 Å². The van der Waals surface area contributed by atoms with Crippen molar-refractivity contribution < 1.29 is 17.9 Å². The Labute approximate surface area is 190 Å². The predicted octanol–water partition coefficient (Wildman–Crippen LogP) is 8.70. The molecule has 174 valence electrons. The lowest BCUT2D eigenvalue weighted by Gasteiger charge is -2.42. The van der Waals surface area contributed by atoms with Crippen molar-refractivity contribution in [3.05, 3.63) is 53.4 Å². The first-order chi connectivity index (χ1) is 15.5. The van der Waals surface area contributed by atoms with Gasteiger partial charge in [-0.3, -0.25) is 0 Å². The highest BCUT2D eigenvalue weighted by Gasteiger charge is 2.37. The topological polar surface area (TPSA) is 9.23 Å². The molecular weight excluding hydrogens is 409 g/mol. The number of fused-ring (bicyclic) bond motifs is 2. The van der Waals surface area contributed by atoms with Gasteiger partial charge < -0.3 is 4.74 Å². The van der Waals surface area contributed by atoms with E-state index >= 15 is 8.78 Å². The largest absolute Gasteiger partial charge is 0.486 e. The van der Waals surface area contributed by atoms with E-state index in [2.05, 4.69) is 6.92 Å². The van der Waals surface area contributed by atoms with Crippen LogP contribution in [0.5, 0.6) is 5.75 Å². The fourth-order valence-corrected chi connectivity index (χ4v) is 6.05. The SMILES string of the molecule is C/C=C/COc1ccc2cc([C@@H]3CC[C@@H]4CC(CCCC)CCC4C3)c(F)c(F)c2c1F. The zero-order valence-corrected chi connectivity index (χ0v) is 19.3. The summed E-state index contributed by atoms with van der Waals surface area (Å²) in [6.07, 6.45) is 14.1. The second-order valence-corrected chi connectivity index (χ2v) is 9.80. The monoisotopic (exact) mass is 444 g/mol. The van der Waals surface area contributed by atoms with Crippen LogP contribution >= 0.6 is 0 Å². The van der Waals surface area contributed by atoms with E-state index < -0.39 is 17.5 Å². The first kappa shape index (κ1) is 23.2. The van der Waals surface area contributed by atoms with Crippen LogP contribution < -0.4 is 4.74 Å². The van der Waals surface area contributed by atoms with E-state index in [1.54, 1.807) is 24.3 Å². The van der Waals surface area contributed by atoms with Crippen LogP contribution in [0.3, 0.4) is 0 Å². The molecule has 32 heavy (non-hydrogen) atoms. The second kappa shape index (κ2) is 10.3. The van der Waals surface area contributed by atoms with E-state index in [0.717, 1.165) is 31.1 Å². The van der Waals surface area contributed by atoms with Gasteiger partial charge in [0.15, 0.2) is 23.2 Å². The number of hydrogen-bond donors (Lipinski definition) is 0. The Balaban J connectivity index is 1.54. The standard InChI is InChI=1S/C28H35F3O/c1-3-5-7-18-8-9-20-16-21(11-10-19(20)15-18)23-17-22-12-13-24(32-14-6-4-2)27(30)25(22)28(31)26(23)29/h4,6,12-13,17-21H,3,5,7-11,14-16H2,1-2H3/b6-4+/t18?,19-,20?,21-/m1/s1. The third kappa shape index (κ3) is 4.70. The van der Waals surface area contributed by atoms with Crippen molar-refractivity contribution in [3.63, 3.8) is 0 Å². The Morgan fingerprint density at radius 1 is 0.969 bits per heavy atom. The van der Waals surface area contributed by atoms with Crippen molar-refractivity contribution in [1.29, 1.82) is 0 Å². The molecule has 0 aliphatic heterocycles. The van der Waals surface area contributed by atoms with Crippen molar-refractivity contribution in [1.82, 2.24) is 0 Å². The third-order valence-electron chi connectivity index (χ3n) is 7.81. The van der Waals surface area contributed by atoms with Crippen LogP contribution in [0.25, 0.3) is 10.8 Å². The molecule has 4 atom stereocenters. The average molecular weight is 445 g/mol. The molecule has 2 fully saturated rings. The zero-order chi connectivity index (χ0) is 22.7. The van der Waals surface area contributed by atoms with Gasteiger partial charge in [0, 0.05) is 0 Å². The maximum absolute atomic E-state index is 15.2. The van der Waals surface area contributed by atoms with Gasteiger partial charge >= 0.3 is 0 Å². The molecule has 0 N–H and O–H groups in total. The summed E-state index contributed by atoms with van der Waals surface area (Å²) < 4.78 is 50.5. The third-order valence-corrected chi connectivity index (χ3v) is 7.81. The highest BCUT2D eigenvalue weighted by atomic mass is 19.2. The van der Waals surface area contributed by atoms with Crippen molar-refractivity contribution in [2.75, 3.05) is 6.61 Å². The Bertz CT molecular complexity index is 967. The smallest absolute Gasteiger partial charge is 0.175 e. The van der Waals surface area contributed by atoms with Crippen LogP contribution in [0.2, 0.25) is 0 Å². The number of unbranched alkanes of at least 4 members (excludes halogenated alkanes) is 1. The quantitative estimate of drug-likeness (QED) is 0.388. The number of ether oxygens (including phenoxy) is 1. The predicted molar refractivity (Wildman–Crippen MR) is 125 cm³/mol. The van der Waals surface area contributed by atoms with Gasteiger partial charge in [0.2, 0.25) is 0 Å². The van der Waals surface area contributed by atoms with Crippen molar-refractivity contribution >= 4 is 10.8 Å². The van der Waals surface area contributed by atoms with Crippen molar-refractivity contribution in [3.8, 4) is 5.75 Å². The Morgan fingerprint density at radius 3 is 2.53 bits per heavy atom. The number of hydrogen-bond acceptors (Lipinski definition) is 1. The molecule has 2 unspecified atom stereocenters. The van der Waals surface area contributed by atoms with Crippen LogP contribution in [-0.4, -0.2) is 6.61 Å².